The van der Waals surface area contributed by atoms with E-state index in [1.165, 1.54) is 24.3 Å². The Balaban J connectivity index is 2.01. The first-order chi connectivity index (χ1) is 8.97. The molecule has 0 aromatic heterocycles. The predicted molar refractivity (Wildman–Crippen MR) is 70.0 cm³/mol. The summed E-state index contributed by atoms with van der Waals surface area (Å²) in [4.78, 5) is 11.9. The molecule has 19 heavy (non-hydrogen) atoms. The van der Waals surface area contributed by atoms with Gasteiger partial charge in [0.15, 0.2) is 0 Å². The number of nitrogens with one attached hydrogen (secondary N) is 1. The average molecular weight is 284 g/mol. The van der Waals surface area contributed by atoms with Crippen molar-refractivity contribution in [3.8, 4) is 0 Å². The molecule has 1 aliphatic heterocycles. The first-order valence-corrected chi connectivity index (χ1v) is 7.53. The zero-order valence-corrected chi connectivity index (χ0v) is 11.2. The van der Waals surface area contributed by atoms with Crippen LogP contribution in [0.1, 0.15) is 12.8 Å². The van der Waals surface area contributed by atoms with Gasteiger partial charge in [0.05, 0.1) is 17.4 Å². The molecule has 1 heterocycles. The molecule has 0 bridgehead atoms. The molecule has 1 aromatic carbocycles. The summed E-state index contributed by atoms with van der Waals surface area (Å²) in [5.41, 5.74) is 0.544. The summed E-state index contributed by atoms with van der Waals surface area (Å²) in [7, 11) is -3.70. The Morgan fingerprint density at radius 1 is 1.32 bits per heavy atom. The normalized spacial score (nSPS) is 19.9. The van der Waals surface area contributed by atoms with Gasteiger partial charge in [0.25, 0.3) is 0 Å². The second-order valence-electron chi connectivity index (χ2n) is 4.47. The largest absolute Gasteiger partial charge is 0.381 e. The van der Waals surface area contributed by atoms with Crippen LogP contribution in [0, 0.1) is 5.92 Å². The topological polar surface area (TPSA) is 98.5 Å². The number of carbonyl (C=O) groups is 1. The van der Waals surface area contributed by atoms with Gasteiger partial charge in [-0.3, -0.25) is 4.79 Å². The number of hydrogen-bond donors (Lipinski definition) is 2. The van der Waals surface area contributed by atoms with E-state index in [0.717, 1.165) is 12.8 Å². The number of amides is 1. The third kappa shape index (κ3) is 3.76. The van der Waals surface area contributed by atoms with Crippen LogP contribution in [-0.4, -0.2) is 27.5 Å². The number of carbonyl (C=O) groups excluding carboxylic acids is 1. The fourth-order valence-electron chi connectivity index (χ4n) is 1.92. The molecule has 1 amide bonds. The molecule has 1 aliphatic rings. The van der Waals surface area contributed by atoms with Gasteiger partial charge in [-0.05, 0) is 37.1 Å². The van der Waals surface area contributed by atoms with Crippen molar-refractivity contribution in [3.05, 3.63) is 24.3 Å². The van der Waals surface area contributed by atoms with E-state index in [4.69, 9.17) is 9.88 Å². The van der Waals surface area contributed by atoms with Crippen molar-refractivity contribution in [2.45, 2.75) is 17.7 Å². The number of rotatable bonds is 3. The van der Waals surface area contributed by atoms with Gasteiger partial charge < -0.3 is 10.1 Å². The van der Waals surface area contributed by atoms with Gasteiger partial charge in [-0.2, -0.15) is 0 Å². The van der Waals surface area contributed by atoms with E-state index in [9.17, 15) is 13.2 Å². The van der Waals surface area contributed by atoms with Gasteiger partial charge >= 0.3 is 0 Å². The fourth-order valence-corrected chi connectivity index (χ4v) is 2.44. The summed E-state index contributed by atoms with van der Waals surface area (Å²) in [5, 5.41) is 7.73. The molecule has 1 aromatic rings. The number of anilines is 1. The van der Waals surface area contributed by atoms with Crippen molar-refractivity contribution in [1.82, 2.24) is 0 Å². The zero-order valence-electron chi connectivity index (χ0n) is 10.3. The number of nitrogens with two attached hydrogens (primary N) is 1. The van der Waals surface area contributed by atoms with Crippen LogP contribution in [0.3, 0.4) is 0 Å². The molecular weight excluding hydrogens is 268 g/mol. The Morgan fingerprint density at radius 3 is 2.53 bits per heavy atom. The highest BCUT2D eigenvalue weighted by Gasteiger charge is 2.21. The molecule has 0 spiro atoms. The molecule has 1 unspecified atom stereocenters. The first-order valence-electron chi connectivity index (χ1n) is 5.98. The molecule has 6 nitrogen and oxygen atoms in total. The van der Waals surface area contributed by atoms with Crippen LogP contribution in [0.5, 0.6) is 0 Å². The van der Waals surface area contributed by atoms with Crippen LogP contribution in [-0.2, 0) is 19.6 Å². The molecule has 0 saturated carbocycles. The number of hydrogen-bond acceptors (Lipinski definition) is 4. The van der Waals surface area contributed by atoms with Crippen LogP contribution < -0.4 is 10.5 Å². The highest BCUT2D eigenvalue weighted by molar-refractivity contribution is 7.89. The van der Waals surface area contributed by atoms with E-state index in [1.54, 1.807) is 0 Å². The lowest BCUT2D eigenvalue weighted by molar-refractivity contribution is -0.123. The van der Waals surface area contributed by atoms with Crippen LogP contribution in [0.15, 0.2) is 29.2 Å². The first kappa shape index (κ1) is 14.0. The van der Waals surface area contributed by atoms with Crippen molar-refractivity contribution < 1.29 is 17.9 Å². The summed E-state index contributed by atoms with van der Waals surface area (Å²) >= 11 is 0. The minimum atomic E-state index is -3.70. The van der Waals surface area contributed by atoms with Crippen LogP contribution in [0.25, 0.3) is 0 Å². The molecular formula is C12H16N2O4S. The summed E-state index contributed by atoms with van der Waals surface area (Å²) in [5.74, 6) is -0.255. The Morgan fingerprint density at radius 2 is 2.00 bits per heavy atom. The third-order valence-electron chi connectivity index (χ3n) is 2.98. The van der Waals surface area contributed by atoms with Crippen molar-refractivity contribution in [3.63, 3.8) is 0 Å². The summed E-state index contributed by atoms with van der Waals surface area (Å²) in [6.07, 6.45) is 1.68. The summed E-state index contributed by atoms with van der Waals surface area (Å²) in [6, 6.07) is 5.76. The van der Waals surface area contributed by atoms with E-state index < -0.39 is 10.0 Å². The van der Waals surface area contributed by atoms with Gasteiger partial charge in [-0.1, -0.05) is 0 Å². The molecule has 3 N–H and O–H groups in total. The van der Waals surface area contributed by atoms with Gasteiger partial charge in [-0.15, -0.1) is 0 Å². The molecule has 1 atom stereocenters. The lowest BCUT2D eigenvalue weighted by Crippen LogP contribution is -2.30. The average Bonchev–Trinajstić information content (AvgIpc) is 2.39. The summed E-state index contributed by atoms with van der Waals surface area (Å²) < 4.78 is 27.4. The maximum Gasteiger partial charge on any atom is 0.238 e. The smallest absolute Gasteiger partial charge is 0.238 e. The fraction of sp³-hybridized carbons (Fsp3) is 0.417. The summed E-state index contributed by atoms with van der Waals surface area (Å²) in [6.45, 7) is 1.13. The van der Waals surface area contributed by atoms with E-state index in [-0.39, 0.29) is 16.7 Å². The zero-order chi connectivity index (χ0) is 13.9. The van der Waals surface area contributed by atoms with Gasteiger partial charge in [0, 0.05) is 12.3 Å². The molecule has 104 valence electrons. The Labute approximate surface area is 112 Å². The second kappa shape index (κ2) is 5.68. The standard InChI is InChI=1S/C12H16N2O4S/c13-19(16,17)11-5-3-10(4-6-11)14-12(15)9-2-1-7-18-8-9/h3-6,9H,1-2,7-8H2,(H,14,15)(H2,13,16,17). The van der Waals surface area contributed by atoms with Crippen molar-refractivity contribution in [2.75, 3.05) is 18.5 Å². The molecule has 2 rings (SSSR count). The molecule has 1 saturated heterocycles. The number of primary sulfonamides is 1. The Kier molecular flexibility index (Phi) is 4.18. The number of benzene rings is 1. The van der Waals surface area contributed by atoms with E-state index in [0.29, 0.717) is 18.9 Å². The van der Waals surface area contributed by atoms with Crippen molar-refractivity contribution in [2.24, 2.45) is 11.1 Å². The maximum atomic E-state index is 11.9. The van der Waals surface area contributed by atoms with Gasteiger partial charge in [0.2, 0.25) is 15.9 Å². The second-order valence-corrected chi connectivity index (χ2v) is 6.03. The van der Waals surface area contributed by atoms with Gasteiger partial charge in [0.1, 0.15) is 0 Å². The highest BCUT2D eigenvalue weighted by Crippen LogP contribution is 2.17. The van der Waals surface area contributed by atoms with Crippen LogP contribution in [0.2, 0.25) is 0 Å². The number of ether oxygens (including phenoxy) is 1. The van der Waals surface area contributed by atoms with Gasteiger partial charge in [-0.25, -0.2) is 13.6 Å². The quantitative estimate of drug-likeness (QED) is 0.853. The SMILES string of the molecule is NS(=O)(=O)c1ccc(NC(=O)C2CCCOC2)cc1. The van der Waals surface area contributed by atoms with Crippen LogP contribution >= 0.6 is 0 Å². The lowest BCUT2D eigenvalue weighted by Gasteiger charge is -2.21. The molecule has 7 heteroatoms. The maximum absolute atomic E-state index is 11.9. The van der Waals surface area contributed by atoms with Crippen molar-refractivity contribution in [1.29, 1.82) is 0 Å². The number of sulfonamides is 1. The Bertz CT molecular complexity index is 548. The highest BCUT2D eigenvalue weighted by atomic mass is 32.2. The van der Waals surface area contributed by atoms with E-state index >= 15 is 0 Å². The van der Waals surface area contributed by atoms with E-state index in [2.05, 4.69) is 5.32 Å². The minimum Gasteiger partial charge on any atom is -0.381 e. The Hall–Kier alpha value is -1.44. The third-order valence-corrected chi connectivity index (χ3v) is 3.91. The van der Waals surface area contributed by atoms with Crippen LogP contribution in [0.4, 0.5) is 5.69 Å². The monoisotopic (exact) mass is 284 g/mol. The van der Waals surface area contributed by atoms with E-state index in [1.807, 2.05) is 0 Å². The van der Waals surface area contributed by atoms with Crippen molar-refractivity contribution >= 4 is 21.6 Å². The lowest BCUT2D eigenvalue weighted by atomic mass is 10.0. The predicted octanol–water partition coefficient (Wildman–Crippen LogP) is 0.699. The molecule has 1 fully saturated rings. The molecule has 0 radical (unpaired) electrons. The minimum absolute atomic E-state index is 0.0199. The molecule has 0 aliphatic carbocycles.